The van der Waals surface area contributed by atoms with Gasteiger partial charge in [-0.15, -0.1) is 22.7 Å². The molecule has 81 heavy (non-hydrogen) atoms. The van der Waals surface area contributed by atoms with Crippen molar-refractivity contribution in [2.75, 3.05) is 0 Å². The van der Waals surface area contributed by atoms with E-state index in [0.29, 0.717) is 17.5 Å². The summed E-state index contributed by atoms with van der Waals surface area (Å²) in [5, 5.41) is 7.37. The maximum Gasteiger partial charge on any atom is 0.164 e. The Morgan fingerprint density at radius 1 is 0.247 bits per heavy atom. The Morgan fingerprint density at radius 3 is 1.52 bits per heavy atom. The van der Waals surface area contributed by atoms with E-state index in [1.165, 1.54) is 79.0 Å². The number of nitrogens with zero attached hydrogens (tertiary/aromatic N) is 4. The molecule has 0 atom stereocenters. The number of aromatic nitrogens is 4. The highest BCUT2D eigenvalue weighted by atomic mass is 32.1. The largest absolute Gasteiger partial charge is 0.309 e. The lowest BCUT2D eigenvalue weighted by Gasteiger charge is -2.13. The fraction of sp³-hybridized carbons (Fsp3) is 0. The van der Waals surface area contributed by atoms with Crippen LogP contribution in [0.1, 0.15) is 0 Å². The molecule has 0 unspecified atom stereocenters. The van der Waals surface area contributed by atoms with Crippen LogP contribution in [0.15, 0.2) is 279 Å². The predicted octanol–water partition coefficient (Wildman–Crippen LogP) is 21.0. The third-order valence-electron chi connectivity index (χ3n) is 15.8. The van der Waals surface area contributed by atoms with Gasteiger partial charge in [-0.1, -0.05) is 200 Å². The third-order valence-corrected chi connectivity index (χ3v) is 18.2. The Morgan fingerprint density at radius 2 is 0.741 bits per heavy atom. The molecule has 0 saturated heterocycles. The molecule has 4 heterocycles. The maximum atomic E-state index is 5.40. The van der Waals surface area contributed by atoms with Crippen LogP contribution in [0.3, 0.4) is 0 Å². The third kappa shape index (κ3) is 8.23. The number of para-hydroxylation sites is 1. The molecule has 0 spiro atoms. The van der Waals surface area contributed by atoms with Crippen LogP contribution in [0.4, 0.5) is 0 Å². The lowest BCUT2D eigenvalue weighted by atomic mass is 9.93. The van der Waals surface area contributed by atoms with Gasteiger partial charge in [0.15, 0.2) is 17.5 Å². The Bertz CT molecular complexity index is 5060. The van der Waals surface area contributed by atoms with Crippen molar-refractivity contribution in [3.8, 4) is 95.5 Å². The molecule has 0 aliphatic carbocycles. The van der Waals surface area contributed by atoms with Gasteiger partial charge in [0.25, 0.3) is 0 Å². The zero-order valence-electron chi connectivity index (χ0n) is 43.7. The number of thiophene rings is 2. The second-order valence-corrected chi connectivity index (χ2v) is 22.8. The molecule has 378 valence electrons. The topological polar surface area (TPSA) is 43.6 Å². The summed E-state index contributed by atoms with van der Waals surface area (Å²) in [7, 11) is 0. The summed E-state index contributed by atoms with van der Waals surface area (Å²) >= 11 is 3.68. The van der Waals surface area contributed by atoms with Crippen LogP contribution in [0.2, 0.25) is 0 Å². The van der Waals surface area contributed by atoms with Crippen molar-refractivity contribution < 1.29 is 0 Å². The molecule has 16 rings (SSSR count). The molecule has 0 fully saturated rings. The molecule has 16 aromatic rings. The van der Waals surface area contributed by atoms with E-state index in [1.807, 2.05) is 29.5 Å². The van der Waals surface area contributed by atoms with Crippen LogP contribution in [0, 0.1) is 0 Å². The van der Waals surface area contributed by atoms with Crippen molar-refractivity contribution in [1.82, 2.24) is 19.5 Å². The minimum Gasteiger partial charge on any atom is -0.309 e. The summed E-state index contributed by atoms with van der Waals surface area (Å²) in [4.78, 5) is 15.9. The standard InChI is InChI=1S/C75H46N4S2/c1-4-18-47(19-5-1)55-41-56(48-20-6-2-7-21-48)43-57(42-55)50-24-14-26-54(40-50)74-76-73(49-22-8-3-9-23-49)77-75(78-74)63-32-17-35-70-71(63)65-46-52(37-39-69(65)80-70)51-36-38-67-64(45-51)60-28-10-12-33-66(60)79(67)58-27-15-25-53(44-58)59-30-16-31-62-61-29-11-13-34-68(61)81-72(59)62/h1-46H. The van der Waals surface area contributed by atoms with Crippen molar-refractivity contribution in [2.45, 2.75) is 0 Å². The van der Waals surface area contributed by atoms with Crippen LogP contribution in [-0.2, 0) is 0 Å². The Balaban J connectivity index is 0.804. The monoisotopic (exact) mass is 1070 g/mol. The van der Waals surface area contributed by atoms with Gasteiger partial charge < -0.3 is 4.57 Å². The molecule has 0 radical (unpaired) electrons. The molecule has 12 aromatic carbocycles. The van der Waals surface area contributed by atoms with Crippen LogP contribution in [-0.4, -0.2) is 19.5 Å². The summed E-state index contributed by atoms with van der Waals surface area (Å²) in [6.45, 7) is 0. The Labute approximate surface area is 475 Å². The van der Waals surface area contributed by atoms with Crippen LogP contribution in [0.5, 0.6) is 0 Å². The van der Waals surface area contributed by atoms with Gasteiger partial charge in [0.1, 0.15) is 0 Å². The van der Waals surface area contributed by atoms with Gasteiger partial charge >= 0.3 is 0 Å². The zero-order chi connectivity index (χ0) is 53.4. The maximum absolute atomic E-state index is 5.40. The van der Waals surface area contributed by atoms with Crippen LogP contribution >= 0.6 is 22.7 Å². The first-order valence-corrected chi connectivity index (χ1v) is 28.9. The van der Waals surface area contributed by atoms with Gasteiger partial charge in [0.2, 0.25) is 0 Å². The van der Waals surface area contributed by atoms with E-state index in [4.69, 9.17) is 15.0 Å². The fourth-order valence-electron chi connectivity index (χ4n) is 12.0. The molecule has 0 N–H and O–H groups in total. The van der Waals surface area contributed by atoms with Gasteiger partial charge in [-0.3, -0.25) is 0 Å². The highest BCUT2D eigenvalue weighted by Crippen LogP contribution is 2.45. The van der Waals surface area contributed by atoms with E-state index in [1.54, 1.807) is 11.3 Å². The molecule has 0 aliphatic heterocycles. The van der Waals surface area contributed by atoms with Crippen molar-refractivity contribution in [3.05, 3.63) is 279 Å². The molecular weight excluding hydrogens is 1020 g/mol. The van der Waals surface area contributed by atoms with E-state index in [-0.39, 0.29) is 0 Å². The van der Waals surface area contributed by atoms with E-state index in [2.05, 4.69) is 265 Å². The summed E-state index contributed by atoms with van der Waals surface area (Å²) in [5.74, 6) is 1.88. The average Bonchev–Trinajstić information content (AvgIpc) is 4.30. The van der Waals surface area contributed by atoms with Gasteiger partial charge in [0.05, 0.1) is 11.0 Å². The SMILES string of the molecule is c1ccc(-c2cc(-c3ccccc3)cc(-c3cccc(-c4nc(-c5ccccc5)nc(-c5cccc6sc7ccc(-c8ccc9c(c8)c8ccccc8n9-c8cccc(-c9cccc%10c9sc9ccccc9%10)c8)cc7c56)n4)c3)c2)cc1. The number of hydrogen-bond acceptors (Lipinski definition) is 5. The first-order valence-electron chi connectivity index (χ1n) is 27.3. The van der Waals surface area contributed by atoms with Gasteiger partial charge in [0, 0.05) is 73.5 Å². The molecule has 6 heteroatoms. The highest BCUT2D eigenvalue weighted by Gasteiger charge is 2.20. The first kappa shape index (κ1) is 46.9. The molecule has 0 bridgehead atoms. The van der Waals surface area contributed by atoms with Crippen molar-refractivity contribution >= 4 is 84.8 Å². The predicted molar refractivity (Wildman–Crippen MR) is 343 cm³/mol. The molecule has 4 nitrogen and oxygen atoms in total. The summed E-state index contributed by atoms with van der Waals surface area (Å²) in [6.07, 6.45) is 0. The fourth-order valence-corrected chi connectivity index (χ4v) is 14.3. The number of benzene rings is 12. The molecule has 0 amide bonds. The number of rotatable bonds is 9. The van der Waals surface area contributed by atoms with E-state index >= 15 is 0 Å². The van der Waals surface area contributed by atoms with Gasteiger partial charge in [-0.25, -0.2) is 15.0 Å². The number of hydrogen-bond donors (Lipinski definition) is 0. The Kier molecular flexibility index (Phi) is 11.2. The van der Waals surface area contributed by atoms with Crippen LogP contribution < -0.4 is 0 Å². The smallest absolute Gasteiger partial charge is 0.164 e. The summed E-state index contributed by atoms with van der Waals surface area (Å²) < 4.78 is 7.46. The number of fused-ring (bicyclic) bond motifs is 9. The van der Waals surface area contributed by atoms with E-state index in [9.17, 15) is 0 Å². The average molecular weight is 1070 g/mol. The quantitative estimate of drug-likeness (QED) is 0.145. The van der Waals surface area contributed by atoms with Crippen LogP contribution in [0.25, 0.3) is 158 Å². The molecule has 0 aliphatic rings. The summed E-state index contributed by atoms with van der Waals surface area (Å²) in [5.41, 5.74) is 18.0. The lowest BCUT2D eigenvalue weighted by Crippen LogP contribution is -2.00. The lowest BCUT2D eigenvalue weighted by molar-refractivity contribution is 1.08. The molecule has 4 aromatic heterocycles. The van der Waals surface area contributed by atoms with Crippen molar-refractivity contribution in [3.63, 3.8) is 0 Å². The minimum absolute atomic E-state index is 0.619. The first-order chi connectivity index (χ1) is 40.1. The van der Waals surface area contributed by atoms with Crippen molar-refractivity contribution in [2.24, 2.45) is 0 Å². The second-order valence-electron chi connectivity index (χ2n) is 20.7. The highest BCUT2D eigenvalue weighted by molar-refractivity contribution is 7.26. The van der Waals surface area contributed by atoms with Gasteiger partial charge in [-0.2, -0.15) is 0 Å². The van der Waals surface area contributed by atoms with E-state index in [0.717, 1.165) is 61.1 Å². The van der Waals surface area contributed by atoms with Crippen molar-refractivity contribution in [1.29, 1.82) is 0 Å². The summed E-state index contributed by atoms with van der Waals surface area (Å²) in [6, 6.07) is 101. The minimum atomic E-state index is 0.619. The zero-order valence-corrected chi connectivity index (χ0v) is 45.3. The molecule has 0 saturated carbocycles. The normalized spacial score (nSPS) is 11.7. The molecular formula is C75H46N4S2. The van der Waals surface area contributed by atoms with Gasteiger partial charge in [-0.05, 0) is 134 Å². The second kappa shape index (κ2) is 19.4. The van der Waals surface area contributed by atoms with E-state index < -0.39 is 0 Å². The Hall–Kier alpha value is -10.1.